The minimum Gasteiger partial charge on any atom is -0.340 e. The molecule has 144 valence electrons. The van der Waals surface area contributed by atoms with Gasteiger partial charge in [-0.3, -0.25) is 4.79 Å². The molecule has 0 radical (unpaired) electrons. The van der Waals surface area contributed by atoms with Crippen LogP contribution in [0.1, 0.15) is 19.3 Å². The van der Waals surface area contributed by atoms with E-state index in [1.165, 1.54) is 0 Å². The van der Waals surface area contributed by atoms with Crippen molar-refractivity contribution in [2.45, 2.75) is 30.2 Å². The quantitative estimate of drug-likeness (QED) is 0.739. The second-order valence-electron chi connectivity index (χ2n) is 6.93. The lowest BCUT2D eigenvalue weighted by atomic mass is 10.1. The van der Waals surface area contributed by atoms with E-state index in [9.17, 15) is 13.2 Å². The number of likely N-dealkylation sites (tertiary alicyclic amines) is 1. The molecule has 0 aliphatic carbocycles. The fourth-order valence-electron chi connectivity index (χ4n) is 3.49. The number of piperidine rings is 1. The summed E-state index contributed by atoms with van der Waals surface area (Å²) in [6.45, 7) is 5.72. The van der Waals surface area contributed by atoms with Crippen molar-refractivity contribution in [1.29, 1.82) is 0 Å². The highest BCUT2D eigenvalue weighted by Crippen LogP contribution is 2.15. The third-order valence-electron chi connectivity index (χ3n) is 5.07. The molecule has 1 amide bonds. The summed E-state index contributed by atoms with van der Waals surface area (Å²) in [5.41, 5.74) is 0. The first-order valence-corrected chi connectivity index (χ1v) is 10.8. The van der Waals surface area contributed by atoms with Crippen LogP contribution in [0.25, 0.3) is 0 Å². The van der Waals surface area contributed by atoms with Crippen LogP contribution in [0.4, 0.5) is 0 Å². The summed E-state index contributed by atoms with van der Waals surface area (Å²) in [6, 6.07) is 8.44. The predicted octanol–water partition coefficient (Wildman–Crippen LogP) is 0.251. The van der Waals surface area contributed by atoms with Gasteiger partial charge >= 0.3 is 0 Å². The molecule has 3 rings (SSSR count). The number of carbonyl (C=O) groups is 1. The van der Waals surface area contributed by atoms with Gasteiger partial charge < -0.3 is 15.1 Å². The number of hydrogen-bond donors (Lipinski definition) is 2. The molecule has 8 heteroatoms. The molecule has 26 heavy (non-hydrogen) atoms. The molecule has 2 fully saturated rings. The molecule has 7 nitrogen and oxygen atoms in total. The first kappa shape index (κ1) is 19.3. The number of hydrogen-bond acceptors (Lipinski definition) is 5. The number of benzene rings is 1. The topological polar surface area (TPSA) is 81.8 Å². The first-order valence-electron chi connectivity index (χ1n) is 9.33. The van der Waals surface area contributed by atoms with E-state index in [0.29, 0.717) is 11.3 Å². The molecule has 2 heterocycles. The minimum atomic E-state index is -3.45. The van der Waals surface area contributed by atoms with Crippen LogP contribution in [0.2, 0.25) is 0 Å². The first-order chi connectivity index (χ1) is 12.5. The number of amides is 1. The SMILES string of the molecule is O=C(CCN1CCC(NS(=O)(=O)c2ccccc2)CC1)N1CCNCC1. The fraction of sp³-hybridized carbons (Fsp3) is 0.611. The average Bonchev–Trinajstić information content (AvgIpc) is 2.68. The van der Waals surface area contributed by atoms with Crippen LogP contribution < -0.4 is 10.0 Å². The highest BCUT2D eigenvalue weighted by atomic mass is 32.2. The second-order valence-corrected chi connectivity index (χ2v) is 8.65. The maximum Gasteiger partial charge on any atom is 0.240 e. The van der Waals surface area contributed by atoms with E-state index in [-0.39, 0.29) is 11.9 Å². The van der Waals surface area contributed by atoms with Crippen molar-refractivity contribution in [2.75, 3.05) is 45.8 Å². The van der Waals surface area contributed by atoms with Gasteiger partial charge in [-0.2, -0.15) is 0 Å². The second kappa shape index (κ2) is 8.94. The van der Waals surface area contributed by atoms with Gasteiger partial charge in [-0.15, -0.1) is 0 Å². The molecule has 0 unspecified atom stereocenters. The van der Waals surface area contributed by atoms with Crippen LogP contribution in [0.3, 0.4) is 0 Å². The maximum absolute atomic E-state index is 12.4. The number of nitrogens with zero attached hydrogens (tertiary/aromatic N) is 2. The molecule has 2 aliphatic rings. The van der Waals surface area contributed by atoms with Gasteiger partial charge in [0.05, 0.1) is 4.90 Å². The van der Waals surface area contributed by atoms with Crippen molar-refractivity contribution in [3.05, 3.63) is 30.3 Å². The van der Waals surface area contributed by atoms with Gasteiger partial charge in [0.2, 0.25) is 15.9 Å². The molecule has 0 spiro atoms. The van der Waals surface area contributed by atoms with Crippen molar-refractivity contribution in [1.82, 2.24) is 19.8 Å². The highest BCUT2D eigenvalue weighted by molar-refractivity contribution is 7.89. The molecule has 0 aromatic heterocycles. The van der Waals surface area contributed by atoms with Crippen LogP contribution in [-0.2, 0) is 14.8 Å². The van der Waals surface area contributed by atoms with Crippen LogP contribution in [0.5, 0.6) is 0 Å². The number of carbonyl (C=O) groups excluding carboxylic acids is 1. The number of piperazine rings is 1. The van der Waals surface area contributed by atoms with Gasteiger partial charge in [-0.05, 0) is 38.1 Å². The van der Waals surface area contributed by atoms with Crippen molar-refractivity contribution in [2.24, 2.45) is 0 Å². The van der Waals surface area contributed by atoms with Gasteiger partial charge in [0.15, 0.2) is 0 Å². The normalized spacial score (nSPS) is 20.2. The lowest BCUT2D eigenvalue weighted by Crippen LogP contribution is -2.48. The van der Waals surface area contributed by atoms with Crippen molar-refractivity contribution in [3.8, 4) is 0 Å². The largest absolute Gasteiger partial charge is 0.340 e. The summed E-state index contributed by atoms with van der Waals surface area (Å²) >= 11 is 0. The maximum atomic E-state index is 12.4. The summed E-state index contributed by atoms with van der Waals surface area (Å²) in [6.07, 6.45) is 2.09. The van der Waals surface area contributed by atoms with Crippen LogP contribution in [0.15, 0.2) is 35.2 Å². The number of rotatable bonds is 6. The smallest absolute Gasteiger partial charge is 0.240 e. The molecule has 0 bridgehead atoms. The zero-order valence-electron chi connectivity index (χ0n) is 15.1. The van der Waals surface area contributed by atoms with Crippen LogP contribution in [0, 0.1) is 0 Å². The van der Waals surface area contributed by atoms with Crippen molar-refractivity contribution in [3.63, 3.8) is 0 Å². The van der Waals surface area contributed by atoms with Gasteiger partial charge in [0, 0.05) is 45.2 Å². The Bertz CT molecular complexity index is 682. The molecule has 1 aromatic rings. The molecule has 1 aromatic carbocycles. The number of nitrogens with one attached hydrogen (secondary N) is 2. The molecule has 2 aliphatic heterocycles. The highest BCUT2D eigenvalue weighted by Gasteiger charge is 2.25. The predicted molar refractivity (Wildman–Crippen MR) is 100 cm³/mol. The molecular weight excluding hydrogens is 352 g/mol. The monoisotopic (exact) mass is 380 g/mol. The Balaban J connectivity index is 1.41. The van der Waals surface area contributed by atoms with Crippen LogP contribution >= 0.6 is 0 Å². The fourth-order valence-corrected chi connectivity index (χ4v) is 4.81. The van der Waals surface area contributed by atoms with E-state index < -0.39 is 10.0 Å². The Morgan fingerprint density at radius 1 is 1.08 bits per heavy atom. The third kappa shape index (κ3) is 5.26. The van der Waals surface area contributed by atoms with Crippen molar-refractivity contribution < 1.29 is 13.2 Å². The van der Waals surface area contributed by atoms with E-state index in [2.05, 4.69) is 14.9 Å². The van der Waals surface area contributed by atoms with Gasteiger partial charge in [0.1, 0.15) is 0 Å². The average molecular weight is 381 g/mol. The summed E-state index contributed by atoms with van der Waals surface area (Å²) < 4.78 is 27.6. The lowest BCUT2D eigenvalue weighted by Gasteiger charge is -2.33. The lowest BCUT2D eigenvalue weighted by molar-refractivity contribution is -0.132. The Kier molecular flexibility index (Phi) is 6.63. The van der Waals surface area contributed by atoms with Crippen LogP contribution in [-0.4, -0.2) is 76.0 Å². The minimum absolute atomic E-state index is 0.0414. The van der Waals surface area contributed by atoms with E-state index in [0.717, 1.165) is 58.7 Å². The third-order valence-corrected chi connectivity index (χ3v) is 6.61. The standard InChI is InChI=1S/C18H28N4O3S/c23-18(22-14-9-19-10-15-22)8-13-21-11-6-16(7-12-21)20-26(24,25)17-4-2-1-3-5-17/h1-5,16,19-20H,6-15H2. The van der Waals surface area contributed by atoms with E-state index in [1.54, 1.807) is 30.3 Å². The van der Waals surface area contributed by atoms with E-state index in [4.69, 9.17) is 0 Å². The Morgan fingerprint density at radius 3 is 2.38 bits per heavy atom. The van der Waals surface area contributed by atoms with Crippen molar-refractivity contribution >= 4 is 15.9 Å². The zero-order chi connectivity index (χ0) is 18.4. The summed E-state index contributed by atoms with van der Waals surface area (Å²) in [4.78, 5) is 16.7. The Hall–Kier alpha value is -1.48. The van der Waals surface area contributed by atoms with Gasteiger partial charge in [-0.1, -0.05) is 18.2 Å². The molecule has 0 atom stereocenters. The Morgan fingerprint density at radius 2 is 1.73 bits per heavy atom. The summed E-state index contributed by atoms with van der Waals surface area (Å²) in [7, 11) is -3.45. The summed E-state index contributed by atoms with van der Waals surface area (Å²) in [5, 5.41) is 3.25. The van der Waals surface area contributed by atoms with E-state index in [1.807, 2.05) is 4.90 Å². The van der Waals surface area contributed by atoms with E-state index >= 15 is 0 Å². The van der Waals surface area contributed by atoms with Gasteiger partial charge in [-0.25, -0.2) is 13.1 Å². The molecule has 2 saturated heterocycles. The summed E-state index contributed by atoms with van der Waals surface area (Å²) in [5.74, 6) is 0.221. The molecular formula is C18H28N4O3S. The number of sulfonamides is 1. The van der Waals surface area contributed by atoms with Gasteiger partial charge in [0.25, 0.3) is 0 Å². The molecule has 2 N–H and O–H groups in total. The zero-order valence-corrected chi connectivity index (χ0v) is 15.9. The Labute approximate surface area is 155 Å². The molecule has 0 saturated carbocycles.